The van der Waals surface area contributed by atoms with Crippen molar-refractivity contribution in [3.05, 3.63) is 71.9 Å². The molecule has 0 N–H and O–H groups in total. The second-order valence-electron chi connectivity index (χ2n) is 6.06. The van der Waals surface area contributed by atoms with Crippen LogP contribution in [0.2, 0.25) is 0 Å². The maximum absolute atomic E-state index is 13.3. The Morgan fingerprint density at radius 2 is 1.81 bits per heavy atom. The Labute approximate surface area is 155 Å². The Bertz CT molecular complexity index is 1020. The lowest BCUT2D eigenvalue weighted by molar-refractivity contribution is 0.628. The fourth-order valence-corrected chi connectivity index (χ4v) is 3.85. The van der Waals surface area contributed by atoms with Crippen molar-refractivity contribution in [1.29, 1.82) is 0 Å². The molecule has 0 bridgehead atoms. The Morgan fingerprint density at radius 1 is 1.04 bits per heavy atom. The van der Waals surface area contributed by atoms with Gasteiger partial charge < -0.3 is 4.90 Å². The summed E-state index contributed by atoms with van der Waals surface area (Å²) in [6, 6.07) is 10.6. The van der Waals surface area contributed by atoms with Gasteiger partial charge in [0.05, 0.1) is 5.39 Å². The van der Waals surface area contributed by atoms with Crippen molar-refractivity contribution in [1.82, 2.24) is 15.0 Å². The molecule has 1 aromatic carbocycles. The molecule has 4 aromatic rings. The number of aromatic nitrogens is 3. The number of likely N-dealkylation sites (N-methyl/N-ethyl adjacent to an activating group) is 1. The molecule has 0 saturated carbocycles. The lowest BCUT2D eigenvalue weighted by Gasteiger charge is -2.19. The number of anilines is 1. The van der Waals surface area contributed by atoms with Crippen molar-refractivity contribution < 1.29 is 4.39 Å². The van der Waals surface area contributed by atoms with E-state index in [2.05, 4.69) is 25.2 Å². The van der Waals surface area contributed by atoms with Crippen molar-refractivity contribution in [2.75, 3.05) is 18.5 Å². The Morgan fingerprint density at radius 3 is 2.58 bits per heavy atom. The zero-order chi connectivity index (χ0) is 17.9. The molecule has 3 heterocycles. The van der Waals surface area contributed by atoms with Gasteiger partial charge in [-0.05, 0) is 41.8 Å². The summed E-state index contributed by atoms with van der Waals surface area (Å²) in [6.07, 6.45) is 6.12. The van der Waals surface area contributed by atoms with Gasteiger partial charge in [0.1, 0.15) is 22.8 Å². The minimum absolute atomic E-state index is 0.237. The first-order chi connectivity index (χ1) is 12.7. The molecule has 4 nitrogen and oxygen atoms in total. The van der Waals surface area contributed by atoms with Gasteiger partial charge in [0.2, 0.25) is 0 Å². The van der Waals surface area contributed by atoms with Crippen LogP contribution in [0.5, 0.6) is 0 Å². The number of rotatable bonds is 5. The molecule has 0 aliphatic heterocycles. The van der Waals surface area contributed by atoms with Gasteiger partial charge in [-0.1, -0.05) is 12.1 Å². The lowest BCUT2D eigenvalue weighted by atomic mass is 10.1. The van der Waals surface area contributed by atoms with Crippen LogP contribution in [0.15, 0.2) is 60.5 Å². The summed E-state index contributed by atoms with van der Waals surface area (Å²) in [7, 11) is 2.04. The number of thiophene rings is 1. The average Bonchev–Trinajstić information content (AvgIpc) is 3.12. The average molecular weight is 364 g/mol. The number of halogens is 1. The van der Waals surface area contributed by atoms with Crippen LogP contribution in [0.1, 0.15) is 5.56 Å². The third kappa shape index (κ3) is 3.28. The number of hydrogen-bond donors (Lipinski definition) is 0. The van der Waals surface area contributed by atoms with Gasteiger partial charge in [0.15, 0.2) is 0 Å². The van der Waals surface area contributed by atoms with Gasteiger partial charge in [0, 0.05) is 36.9 Å². The number of fused-ring (bicyclic) bond motifs is 1. The van der Waals surface area contributed by atoms with Gasteiger partial charge in [-0.2, -0.15) is 0 Å². The highest BCUT2D eigenvalue weighted by Gasteiger charge is 2.16. The molecule has 0 unspecified atom stereocenters. The smallest absolute Gasteiger partial charge is 0.141 e. The molecule has 4 rings (SSSR count). The summed E-state index contributed by atoms with van der Waals surface area (Å²) < 4.78 is 13.3. The zero-order valence-corrected chi connectivity index (χ0v) is 15.1. The van der Waals surface area contributed by atoms with Crippen LogP contribution < -0.4 is 4.90 Å². The van der Waals surface area contributed by atoms with Crippen molar-refractivity contribution in [3.8, 4) is 11.1 Å². The molecule has 0 aliphatic rings. The SMILES string of the molecule is CN(CCc1ccncc1)c1ncnc2scc(-c3ccc(F)cc3)c12. The van der Waals surface area contributed by atoms with E-state index >= 15 is 0 Å². The van der Waals surface area contributed by atoms with Crippen LogP contribution in [0.3, 0.4) is 0 Å². The van der Waals surface area contributed by atoms with Crippen LogP contribution in [-0.4, -0.2) is 28.5 Å². The molecule has 3 aromatic heterocycles. The first-order valence-electron chi connectivity index (χ1n) is 8.30. The van der Waals surface area contributed by atoms with E-state index in [1.807, 2.05) is 31.6 Å². The minimum atomic E-state index is -0.237. The fraction of sp³-hybridized carbons (Fsp3) is 0.150. The molecule has 0 aliphatic carbocycles. The van der Waals surface area contributed by atoms with Gasteiger partial charge >= 0.3 is 0 Å². The van der Waals surface area contributed by atoms with E-state index in [0.29, 0.717) is 0 Å². The zero-order valence-electron chi connectivity index (χ0n) is 14.3. The largest absolute Gasteiger partial charge is 0.359 e. The van der Waals surface area contributed by atoms with E-state index in [1.165, 1.54) is 17.7 Å². The van der Waals surface area contributed by atoms with E-state index in [0.717, 1.165) is 40.1 Å². The monoisotopic (exact) mass is 364 g/mol. The van der Waals surface area contributed by atoms with E-state index in [1.54, 1.807) is 29.8 Å². The minimum Gasteiger partial charge on any atom is -0.359 e. The molecule has 0 spiro atoms. The molecule has 0 atom stereocenters. The molecule has 0 fully saturated rings. The van der Waals surface area contributed by atoms with E-state index < -0.39 is 0 Å². The molecular weight excluding hydrogens is 347 g/mol. The maximum atomic E-state index is 13.3. The van der Waals surface area contributed by atoms with Crippen LogP contribution in [0, 0.1) is 5.82 Å². The highest BCUT2D eigenvalue weighted by Crippen LogP contribution is 2.37. The van der Waals surface area contributed by atoms with Crippen LogP contribution in [-0.2, 0) is 6.42 Å². The standard InChI is InChI=1S/C20H17FN4S/c1-25(11-8-14-6-9-22-10-7-14)19-18-17(12-26-20(18)24-13-23-19)15-2-4-16(21)5-3-15/h2-7,9-10,12-13H,8,11H2,1H3. The van der Waals surface area contributed by atoms with Crippen molar-refractivity contribution >= 4 is 27.4 Å². The van der Waals surface area contributed by atoms with Gasteiger partial charge in [-0.25, -0.2) is 14.4 Å². The highest BCUT2D eigenvalue weighted by atomic mass is 32.1. The first-order valence-corrected chi connectivity index (χ1v) is 9.18. The molecule has 6 heteroatoms. The number of nitrogens with zero attached hydrogens (tertiary/aromatic N) is 4. The normalized spacial score (nSPS) is 11.0. The predicted octanol–water partition coefficient (Wildman–Crippen LogP) is 4.57. The summed E-state index contributed by atoms with van der Waals surface area (Å²) in [5.41, 5.74) is 3.24. The van der Waals surface area contributed by atoms with Gasteiger partial charge in [-0.15, -0.1) is 11.3 Å². The molecular formula is C20H17FN4S. The Hall–Kier alpha value is -2.86. The summed E-state index contributed by atoms with van der Waals surface area (Å²) in [4.78, 5) is 16.1. The number of benzene rings is 1. The van der Waals surface area contributed by atoms with Gasteiger partial charge in [0.25, 0.3) is 0 Å². The molecule has 0 radical (unpaired) electrons. The quantitative estimate of drug-likeness (QED) is 0.520. The van der Waals surface area contributed by atoms with Crippen LogP contribution in [0.25, 0.3) is 21.3 Å². The van der Waals surface area contributed by atoms with Crippen molar-refractivity contribution in [3.63, 3.8) is 0 Å². The van der Waals surface area contributed by atoms with E-state index in [-0.39, 0.29) is 5.82 Å². The molecule has 0 amide bonds. The fourth-order valence-electron chi connectivity index (χ4n) is 2.94. The molecule has 130 valence electrons. The van der Waals surface area contributed by atoms with Crippen LogP contribution in [0.4, 0.5) is 10.2 Å². The third-order valence-corrected chi connectivity index (χ3v) is 5.24. The van der Waals surface area contributed by atoms with E-state index in [4.69, 9.17) is 0 Å². The Balaban J connectivity index is 1.68. The topological polar surface area (TPSA) is 41.9 Å². The van der Waals surface area contributed by atoms with E-state index in [9.17, 15) is 4.39 Å². The van der Waals surface area contributed by atoms with Crippen LogP contribution >= 0.6 is 11.3 Å². The molecule has 0 saturated heterocycles. The van der Waals surface area contributed by atoms with Crippen molar-refractivity contribution in [2.45, 2.75) is 6.42 Å². The molecule has 26 heavy (non-hydrogen) atoms. The first kappa shape index (κ1) is 16.6. The second-order valence-corrected chi connectivity index (χ2v) is 6.92. The third-order valence-electron chi connectivity index (χ3n) is 4.35. The second kappa shape index (κ2) is 7.17. The number of pyridine rings is 1. The van der Waals surface area contributed by atoms with Crippen molar-refractivity contribution in [2.24, 2.45) is 0 Å². The maximum Gasteiger partial charge on any atom is 0.141 e. The summed E-state index contributed by atoms with van der Waals surface area (Å²) in [5, 5.41) is 3.08. The number of hydrogen-bond acceptors (Lipinski definition) is 5. The summed E-state index contributed by atoms with van der Waals surface area (Å²) in [6.45, 7) is 0.828. The predicted molar refractivity (Wildman–Crippen MR) is 104 cm³/mol. The van der Waals surface area contributed by atoms with Gasteiger partial charge in [-0.3, -0.25) is 4.98 Å². The summed E-state index contributed by atoms with van der Waals surface area (Å²) >= 11 is 1.58. The summed E-state index contributed by atoms with van der Waals surface area (Å²) in [5.74, 6) is 0.656. The lowest BCUT2D eigenvalue weighted by Crippen LogP contribution is -2.21. The highest BCUT2D eigenvalue weighted by molar-refractivity contribution is 7.17. The Kier molecular flexibility index (Phi) is 4.58.